The Morgan fingerprint density at radius 1 is 1.50 bits per heavy atom. The SMILES string of the molecule is CCOC(=O)[C@H](C)ON=C(C)C. The van der Waals surface area contributed by atoms with Crippen molar-refractivity contribution in [3.63, 3.8) is 0 Å². The van der Waals surface area contributed by atoms with E-state index >= 15 is 0 Å². The van der Waals surface area contributed by atoms with E-state index in [0.717, 1.165) is 5.71 Å². The average Bonchev–Trinajstić information content (AvgIpc) is 2.00. The first kappa shape index (κ1) is 10.9. The highest BCUT2D eigenvalue weighted by atomic mass is 16.7. The molecular formula is C8H15NO3. The minimum absolute atomic E-state index is 0.362. The molecule has 0 heterocycles. The Labute approximate surface area is 72.5 Å². The first-order valence-corrected chi connectivity index (χ1v) is 3.91. The number of carbonyl (C=O) groups is 1. The highest BCUT2D eigenvalue weighted by Crippen LogP contribution is 1.95. The number of hydrogen-bond donors (Lipinski definition) is 0. The molecule has 0 rings (SSSR count). The van der Waals surface area contributed by atoms with Gasteiger partial charge in [-0.05, 0) is 27.7 Å². The summed E-state index contributed by atoms with van der Waals surface area (Å²) < 4.78 is 4.70. The Hall–Kier alpha value is -1.06. The summed E-state index contributed by atoms with van der Waals surface area (Å²) in [5, 5.41) is 3.64. The molecule has 0 fully saturated rings. The molecule has 0 aliphatic rings. The fourth-order valence-electron chi connectivity index (χ4n) is 0.487. The Bertz CT molecular complexity index is 173. The highest BCUT2D eigenvalue weighted by molar-refractivity contribution is 5.79. The third-order valence-electron chi connectivity index (χ3n) is 1.01. The lowest BCUT2D eigenvalue weighted by Crippen LogP contribution is -2.21. The molecule has 0 saturated carbocycles. The average molecular weight is 173 g/mol. The van der Waals surface area contributed by atoms with Crippen LogP contribution in [0.4, 0.5) is 0 Å². The minimum Gasteiger partial charge on any atom is -0.463 e. The zero-order chi connectivity index (χ0) is 9.56. The van der Waals surface area contributed by atoms with Gasteiger partial charge in [0.2, 0.25) is 6.10 Å². The molecule has 0 aliphatic heterocycles. The highest BCUT2D eigenvalue weighted by Gasteiger charge is 2.14. The van der Waals surface area contributed by atoms with Crippen LogP contribution in [0.5, 0.6) is 0 Å². The van der Waals surface area contributed by atoms with Gasteiger partial charge in [-0.3, -0.25) is 0 Å². The molecule has 0 unspecified atom stereocenters. The van der Waals surface area contributed by atoms with Gasteiger partial charge in [0.1, 0.15) is 0 Å². The van der Waals surface area contributed by atoms with Gasteiger partial charge >= 0.3 is 5.97 Å². The van der Waals surface area contributed by atoms with E-state index in [4.69, 9.17) is 9.57 Å². The molecule has 0 bridgehead atoms. The van der Waals surface area contributed by atoms with Crippen LogP contribution >= 0.6 is 0 Å². The predicted octanol–water partition coefficient (Wildman–Crippen LogP) is 1.35. The van der Waals surface area contributed by atoms with Crippen LogP contribution in [0.2, 0.25) is 0 Å². The Morgan fingerprint density at radius 3 is 2.50 bits per heavy atom. The lowest BCUT2D eigenvalue weighted by Gasteiger charge is -2.07. The van der Waals surface area contributed by atoms with Crippen molar-refractivity contribution in [3.05, 3.63) is 0 Å². The van der Waals surface area contributed by atoms with E-state index in [1.54, 1.807) is 27.7 Å². The molecule has 0 radical (unpaired) electrons. The number of hydrogen-bond acceptors (Lipinski definition) is 4. The fraction of sp³-hybridized carbons (Fsp3) is 0.750. The molecule has 0 aliphatic carbocycles. The lowest BCUT2D eigenvalue weighted by atomic mass is 10.4. The molecule has 0 spiro atoms. The third-order valence-corrected chi connectivity index (χ3v) is 1.01. The Balaban J connectivity index is 3.79. The number of nitrogens with zero attached hydrogens (tertiary/aromatic N) is 1. The number of esters is 1. The van der Waals surface area contributed by atoms with E-state index in [1.165, 1.54) is 0 Å². The largest absolute Gasteiger partial charge is 0.463 e. The molecule has 1 atom stereocenters. The topological polar surface area (TPSA) is 47.9 Å². The summed E-state index contributed by atoms with van der Waals surface area (Å²) in [6.07, 6.45) is -0.625. The van der Waals surface area contributed by atoms with E-state index in [9.17, 15) is 4.79 Å². The number of rotatable bonds is 4. The van der Waals surface area contributed by atoms with Crippen LogP contribution in [0.1, 0.15) is 27.7 Å². The van der Waals surface area contributed by atoms with Crippen LogP contribution in [-0.4, -0.2) is 24.4 Å². The van der Waals surface area contributed by atoms with Crippen LogP contribution in [0.25, 0.3) is 0 Å². The molecule has 0 N–H and O–H groups in total. The normalized spacial score (nSPS) is 11.7. The van der Waals surface area contributed by atoms with Gasteiger partial charge in [0.25, 0.3) is 0 Å². The van der Waals surface area contributed by atoms with Gasteiger partial charge in [-0.2, -0.15) is 0 Å². The van der Waals surface area contributed by atoms with Crippen molar-refractivity contribution in [2.45, 2.75) is 33.8 Å². The van der Waals surface area contributed by atoms with Gasteiger partial charge in [0, 0.05) is 0 Å². The smallest absolute Gasteiger partial charge is 0.349 e. The number of carbonyl (C=O) groups excluding carboxylic acids is 1. The molecule has 0 aromatic rings. The van der Waals surface area contributed by atoms with Crippen molar-refractivity contribution in [2.24, 2.45) is 5.16 Å². The standard InChI is InChI=1S/C8H15NO3/c1-5-11-8(10)7(4)12-9-6(2)3/h7H,5H2,1-4H3/t7-/m0/s1. The van der Waals surface area contributed by atoms with E-state index in [2.05, 4.69) is 5.16 Å². The van der Waals surface area contributed by atoms with Crippen LogP contribution in [0.3, 0.4) is 0 Å². The summed E-state index contributed by atoms with van der Waals surface area (Å²) in [5.41, 5.74) is 0.770. The van der Waals surface area contributed by atoms with Gasteiger partial charge in [-0.15, -0.1) is 0 Å². The van der Waals surface area contributed by atoms with Crippen LogP contribution in [-0.2, 0) is 14.4 Å². The van der Waals surface area contributed by atoms with Crippen molar-refractivity contribution in [2.75, 3.05) is 6.61 Å². The molecule has 0 aromatic carbocycles. The first-order chi connectivity index (χ1) is 5.57. The van der Waals surface area contributed by atoms with E-state index in [-0.39, 0.29) is 5.97 Å². The Kier molecular flexibility index (Phi) is 5.08. The monoisotopic (exact) mass is 173 g/mol. The zero-order valence-electron chi connectivity index (χ0n) is 7.96. The summed E-state index contributed by atoms with van der Waals surface area (Å²) in [7, 11) is 0. The van der Waals surface area contributed by atoms with E-state index < -0.39 is 6.10 Å². The summed E-state index contributed by atoms with van der Waals surface area (Å²) in [4.78, 5) is 15.8. The molecule has 0 saturated heterocycles. The minimum atomic E-state index is -0.625. The summed E-state index contributed by atoms with van der Waals surface area (Å²) in [6, 6.07) is 0. The maximum Gasteiger partial charge on any atom is 0.349 e. The van der Waals surface area contributed by atoms with Gasteiger partial charge in [0.05, 0.1) is 12.3 Å². The van der Waals surface area contributed by atoms with Gasteiger partial charge in [-0.25, -0.2) is 4.79 Å². The summed E-state index contributed by atoms with van der Waals surface area (Å²) in [5.74, 6) is -0.387. The predicted molar refractivity (Wildman–Crippen MR) is 46.0 cm³/mol. The van der Waals surface area contributed by atoms with Crippen molar-refractivity contribution in [1.29, 1.82) is 0 Å². The van der Waals surface area contributed by atoms with Crippen LogP contribution in [0.15, 0.2) is 5.16 Å². The second kappa shape index (κ2) is 5.57. The van der Waals surface area contributed by atoms with Gasteiger partial charge in [0.15, 0.2) is 0 Å². The van der Waals surface area contributed by atoms with E-state index in [1.807, 2.05) is 0 Å². The maximum atomic E-state index is 10.9. The first-order valence-electron chi connectivity index (χ1n) is 3.91. The van der Waals surface area contributed by atoms with E-state index in [0.29, 0.717) is 6.61 Å². The van der Waals surface area contributed by atoms with Crippen LogP contribution in [0, 0.1) is 0 Å². The molecule has 70 valence electrons. The Morgan fingerprint density at radius 2 is 2.08 bits per heavy atom. The second-order valence-electron chi connectivity index (χ2n) is 2.54. The number of oxime groups is 1. The number of ether oxygens (including phenoxy) is 1. The van der Waals surface area contributed by atoms with Gasteiger partial charge in [-0.1, -0.05) is 5.16 Å². The maximum absolute atomic E-state index is 10.9. The summed E-state index contributed by atoms with van der Waals surface area (Å²) in [6.45, 7) is 7.29. The third kappa shape index (κ3) is 4.71. The molecule has 0 aromatic heterocycles. The lowest BCUT2D eigenvalue weighted by molar-refractivity contribution is -0.155. The van der Waals surface area contributed by atoms with Crippen molar-refractivity contribution in [1.82, 2.24) is 0 Å². The molecule has 4 nitrogen and oxygen atoms in total. The molecule has 0 amide bonds. The molecule has 4 heteroatoms. The van der Waals surface area contributed by atoms with Crippen molar-refractivity contribution >= 4 is 11.7 Å². The zero-order valence-corrected chi connectivity index (χ0v) is 7.96. The van der Waals surface area contributed by atoms with Crippen LogP contribution < -0.4 is 0 Å². The molecular weight excluding hydrogens is 158 g/mol. The van der Waals surface area contributed by atoms with Crippen molar-refractivity contribution in [3.8, 4) is 0 Å². The quantitative estimate of drug-likeness (QED) is 0.366. The summed E-state index contributed by atoms with van der Waals surface area (Å²) >= 11 is 0. The van der Waals surface area contributed by atoms with Gasteiger partial charge < -0.3 is 9.57 Å². The molecule has 12 heavy (non-hydrogen) atoms. The second-order valence-corrected chi connectivity index (χ2v) is 2.54. The van der Waals surface area contributed by atoms with Crippen molar-refractivity contribution < 1.29 is 14.4 Å². The fourth-order valence-corrected chi connectivity index (χ4v) is 0.487.